The Bertz CT molecular complexity index is 760. The molecule has 26 heavy (non-hydrogen) atoms. The molecule has 2 aromatic heterocycles. The molecule has 2 saturated heterocycles. The molecule has 2 aliphatic heterocycles. The summed E-state index contributed by atoms with van der Waals surface area (Å²) in [6.45, 7) is 2.92. The predicted molar refractivity (Wildman–Crippen MR) is 120 cm³/mol. The molecule has 0 saturated carbocycles. The lowest BCUT2D eigenvalue weighted by Gasteiger charge is -2.22. The van der Waals surface area contributed by atoms with E-state index >= 15 is 0 Å². The van der Waals surface area contributed by atoms with E-state index in [0.29, 0.717) is 18.2 Å². The fourth-order valence-electron chi connectivity index (χ4n) is 3.59. The zero-order valence-electron chi connectivity index (χ0n) is 15.0. The summed E-state index contributed by atoms with van der Waals surface area (Å²) >= 11 is 3.53. The molecule has 2 fully saturated rings. The van der Waals surface area contributed by atoms with E-state index in [2.05, 4.69) is 38.1 Å². The third kappa shape index (κ3) is 4.58. The van der Waals surface area contributed by atoms with Gasteiger partial charge in [0.05, 0.1) is 33.8 Å². The minimum atomic E-state index is 0. The number of ether oxygens (including phenoxy) is 1. The van der Waals surface area contributed by atoms with Crippen molar-refractivity contribution in [1.82, 2.24) is 15.6 Å². The number of nitrogens with one attached hydrogen (secondary N) is 2. The smallest absolute Gasteiger partial charge is 0.191 e. The van der Waals surface area contributed by atoms with Crippen molar-refractivity contribution in [3.63, 3.8) is 0 Å². The predicted octanol–water partition coefficient (Wildman–Crippen LogP) is 3.83. The third-order valence-corrected chi connectivity index (χ3v) is 6.79. The number of hydrogen-bond acceptors (Lipinski definition) is 5. The van der Waals surface area contributed by atoms with E-state index in [1.807, 2.05) is 25.3 Å². The number of rotatable bonds is 5. The number of aliphatic imine (C=N–C) groups is 1. The molecule has 3 unspecified atom stereocenters. The molecular weight excluding hydrogens is 479 g/mol. The van der Waals surface area contributed by atoms with Gasteiger partial charge in [0.2, 0.25) is 0 Å². The fraction of sp³-hybridized carbons (Fsp3) is 0.556. The quantitative estimate of drug-likeness (QED) is 0.369. The minimum Gasteiger partial charge on any atom is -0.373 e. The number of thiazole rings is 1. The largest absolute Gasteiger partial charge is 0.373 e. The minimum absolute atomic E-state index is 0. The number of fused-ring (bicyclic) bond motifs is 2. The molecule has 4 heterocycles. The number of aromatic nitrogens is 1. The third-order valence-electron chi connectivity index (χ3n) is 4.85. The number of guanidine groups is 1. The normalized spacial score (nSPS) is 24.5. The van der Waals surface area contributed by atoms with Crippen molar-refractivity contribution >= 4 is 52.6 Å². The molecule has 5 nitrogen and oxygen atoms in total. The second kappa shape index (κ2) is 8.99. The van der Waals surface area contributed by atoms with Crippen molar-refractivity contribution in [3.8, 4) is 10.6 Å². The fourth-order valence-corrected chi connectivity index (χ4v) is 5.25. The van der Waals surface area contributed by atoms with E-state index in [-0.39, 0.29) is 24.0 Å². The van der Waals surface area contributed by atoms with Gasteiger partial charge in [-0.25, -0.2) is 4.98 Å². The van der Waals surface area contributed by atoms with E-state index in [4.69, 9.17) is 4.74 Å². The van der Waals surface area contributed by atoms with Crippen molar-refractivity contribution in [3.05, 3.63) is 27.4 Å². The summed E-state index contributed by atoms with van der Waals surface area (Å²) in [6, 6.07) is 4.79. The van der Waals surface area contributed by atoms with Gasteiger partial charge in [-0.1, -0.05) is 0 Å². The van der Waals surface area contributed by atoms with Crippen molar-refractivity contribution in [1.29, 1.82) is 0 Å². The van der Waals surface area contributed by atoms with E-state index in [1.54, 1.807) is 11.3 Å². The van der Waals surface area contributed by atoms with Gasteiger partial charge in [0.25, 0.3) is 0 Å². The summed E-state index contributed by atoms with van der Waals surface area (Å²) in [4.78, 5) is 11.5. The van der Waals surface area contributed by atoms with Crippen LogP contribution >= 0.6 is 46.7 Å². The van der Waals surface area contributed by atoms with Gasteiger partial charge in [-0.2, -0.15) is 0 Å². The molecule has 0 amide bonds. The van der Waals surface area contributed by atoms with Crippen LogP contribution in [0, 0.1) is 6.92 Å². The first-order valence-corrected chi connectivity index (χ1v) is 10.5. The highest BCUT2D eigenvalue weighted by Crippen LogP contribution is 2.34. The Morgan fingerprint density at radius 1 is 1.38 bits per heavy atom. The van der Waals surface area contributed by atoms with E-state index in [9.17, 15) is 0 Å². The Morgan fingerprint density at radius 3 is 2.92 bits per heavy atom. The summed E-state index contributed by atoms with van der Waals surface area (Å²) in [7, 11) is 1.83. The van der Waals surface area contributed by atoms with Gasteiger partial charge < -0.3 is 15.4 Å². The first kappa shape index (κ1) is 20.0. The lowest BCUT2D eigenvalue weighted by molar-refractivity contribution is 0.0992. The van der Waals surface area contributed by atoms with Crippen LogP contribution in [0.25, 0.3) is 10.6 Å². The Hall–Kier alpha value is -0.710. The van der Waals surface area contributed by atoms with Gasteiger partial charge in [0.1, 0.15) is 0 Å². The molecule has 142 valence electrons. The number of hydrogen-bond donors (Lipinski definition) is 2. The summed E-state index contributed by atoms with van der Waals surface area (Å²) in [6.07, 6.45) is 5.31. The zero-order chi connectivity index (χ0) is 17.2. The zero-order valence-corrected chi connectivity index (χ0v) is 19.0. The molecule has 0 spiro atoms. The SMILES string of the molecule is CN=C(NCCc1ccc(-c2csc(C)n2)s1)NC1CC2CCC1O2.I. The second-order valence-corrected chi connectivity index (χ2v) is 8.86. The summed E-state index contributed by atoms with van der Waals surface area (Å²) in [5.41, 5.74) is 1.10. The van der Waals surface area contributed by atoms with Crippen LogP contribution in [0.3, 0.4) is 0 Å². The lowest BCUT2D eigenvalue weighted by Crippen LogP contribution is -2.47. The first-order chi connectivity index (χ1) is 12.2. The van der Waals surface area contributed by atoms with Crippen molar-refractivity contribution < 1.29 is 4.74 Å². The van der Waals surface area contributed by atoms with Crippen LogP contribution in [0.1, 0.15) is 29.1 Å². The highest BCUT2D eigenvalue weighted by molar-refractivity contribution is 14.0. The maximum absolute atomic E-state index is 5.90. The molecule has 0 aliphatic carbocycles. The van der Waals surface area contributed by atoms with Crippen LogP contribution in [0.2, 0.25) is 0 Å². The molecule has 0 aromatic carbocycles. The Kier molecular flexibility index (Phi) is 6.92. The molecular formula is C18H25IN4OS2. The standard InChI is InChI=1S/C18H24N4OS2.HI/c1-11-21-15(10-24-11)17-6-4-13(25-17)7-8-20-18(19-2)22-14-9-12-3-5-16(14)23-12;/h4,6,10,12,14,16H,3,5,7-9H2,1-2H3,(H2,19,20,22);1H. The summed E-state index contributed by atoms with van der Waals surface area (Å²) < 4.78 is 5.90. The average molecular weight is 504 g/mol. The van der Waals surface area contributed by atoms with Gasteiger partial charge in [-0.15, -0.1) is 46.7 Å². The van der Waals surface area contributed by atoms with E-state index in [0.717, 1.165) is 36.0 Å². The Labute approximate surface area is 179 Å². The van der Waals surface area contributed by atoms with Crippen molar-refractivity contribution in [2.75, 3.05) is 13.6 Å². The highest BCUT2D eigenvalue weighted by atomic mass is 127. The Morgan fingerprint density at radius 2 is 2.27 bits per heavy atom. The average Bonchev–Trinajstić information content (AvgIpc) is 3.38. The highest BCUT2D eigenvalue weighted by Gasteiger charge is 2.41. The van der Waals surface area contributed by atoms with Gasteiger partial charge in [-0.3, -0.25) is 4.99 Å². The van der Waals surface area contributed by atoms with Gasteiger partial charge >= 0.3 is 0 Å². The maximum Gasteiger partial charge on any atom is 0.191 e. The number of thiophene rings is 1. The molecule has 4 rings (SSSR count). The topological polar surface area (TPSA) is 58.5 Å². The number of nitrogens with zero attached hydrogens (tertiary/aromatic N) is 2. The molecule has 2 N–H and O–H groups in total. The molecule has 8 heteroatoms. The molecule has 2 aromatic rings. The van der Waals surface area contributed by atoms with Crippen LogP contribution in [-0.4, -0.2) is 42.8 Å². The van der Waals surface area contributed by atoms with Crippen molar-refractivity contribution in [2.45, 2.75) is 50.9 Å². The molecule has 2 bridgehead atoms. The number of halogens is 1. The van der Waals surface area contributed by atoms with Crippen LogP contribution in [-0.2, 0) is 11.2 Å². The summed E-state index contributed by atoms with van der Waals surface area (Å²) in [5, 5.41) is 10.2. The maximum atomic E-state index is 5.90. The van der Waals surface area contributed by atoms with Gasteiger partial charge in [0.15, 0.2) is 5.96 Å². The number of aryl methyl sites for hydroxylation is 1. The van der Waals surface area contributed by atoms with Crippen LogP contribution in [0.4, 0.5) is 0 Å². The van der Waals surface area contributed by atoms with Crippen LogP contribution in [0.5, 0.6) is 0 Å². The summed E-state index contributed by atoms with van der Waals surface area (Å²) in [5.74, 6) is 0.882. The van der Waals surface area contributed by atoms with E-state index in [1.165, 1.54) is 22.6 Å². The monoisotopic (exact) mass is 504 g/mol. The van der Waals surface area contributed by atoms with Gasteiger partial charge in [-0.05, 0) is 44.7 Å². The molecule has 2 aliphatic rings. The molecule has 3 atom stereocenters. The van der Waals surface area contributed by atoms with E-state index < -0.39 is 0 Å². The van der Waals surface area contributed by atoms with Crippen LogP contribution in [0.15, 0.2) is 22.5 Å². The van der Waals surface area contributed by atoms with Crippen molar-refractivity contribution in [2.24, 2.45) is 4.99 Å². The van der Waals surface area contributed by atoms with Gasteiger partial charge in [0, 0.05) is 23.8 Å². The second-order valence-electron chi connectivity index (χ2n) is 6.63. The molecule has 0 radical (unpaired) electrons. The first-order valence-electron chi connectivity index (χ1n) is 8.85. The lowest BCUT2D eigenvalue weighted by atomic mass is 9.96. The Balaban J connectivity index is 0.00000196. The van der Waals surface area contributed by atoms with Crippen LogP contribution < -0.4 is 10.6 Å².